The highest BCUT2D eigenvalue weighted by atomic mass is 14.9. The molecule has 0 aliphatic heterocycles. The van der Waals surface area contributed by atoms with Crippen LogP contribution in [-0.4, -0.2) is 9.97 Å². The fourth-order valence-electron chi connectivity index (χ4n) is 8.68. The Balaban J connectivity index is 1.14. The predicted octanol–water partition coefficient (Wildman–Crippen LogP) is 14.6. The van der Waals surface area contributed by atoms with Crippen LogP contribution in [-0.2, 0) is 0 Å². The standard InChI is InChI=1S/C54H34N2/c1-3-15-35(16-4-1)50-34-51(56-54(55-50)38-17-5-2-6-18-38)36-27-29-37(30-28-36)52-47-25-13-11-22-43(47)44-23-12-14-26-48(44)53(52)39-31-32-46-42-21-8-7-19-40(42)41-20-9-10-24-45(41)49(46)33-39/h1-34H. The largest absolute Gasteiger partial charge is 0.228 e. The van der Waals surface area contributed by atoms with Gasteiger partial charge in [0, 0.05) is 16.7 Å². The number of fused-ring (bicyclic) bond motifs is 9. The van der Waals surface area contributed by atoms with Gasteiger partial charge in [0.1, 0.15) is 0 Å². The number of nitrogens with zero attached hydrogens (tertiary/aromatic N) is 2. The summed E-state index contributed by atoms with van der Waals surface area (Å²) >= 11 is 0. The number of hydrogen-bond acceptors (Lipinski definition) is 2. The summed E-state index contributed by atoms with van der Waals surface area (Å²) in [6.45, 7) is 0. The Morgan fingerprint density at radius 1 is 0.214 bits per heavy atom. The molecule has 0 saturated heterocycles. The second-order valence-electron chi connectivity index (χ2n) is 14.5. The molecule has 0 spiro atoms. The molecule has 0 amide bonds. The third kappa shape index (κ3) is 5.26. The Bertz CT molecular complexity index is 3180. The zero-order valence-corrected chi connectivity index (χ0v) is 30.5. The van der Waals surface area contributed by atoms with E-state index in [-0.39, 0.29) is 0 Å². The third-order valence-corrected chi connectivity index (χ3v) is 11.3. The van der Waals surface area contributed by atoms with Crippen LogP contribution < -0.4 is 0 Å². The van der Waals surface area contributed by atoms with Gasteiger partial charge in [0.05, 0.1) is 11.4 Å². The van der Waals surface area contributed by atoms with E-state index in [2.05, 4.69) is 182 Å². The van der Waals surface area contributed by atoms with Gasteiger partial charge in [-0.3, -0.25) is 0 Å². The second kappa shape index (κ2) is 13.2. The highest BCUT2D eigenvalue weighted by Gasteiger charge is 2.19. The molecule has 0 aliphatic carbocycles. The highest BCUT2D eigenvalue weighted by molar-refractivity contribution is 6.27. The van der Waals surface area contributed by atoms with Crippen molar-refractivity contribution in [1.29, 1.82) is 0 Å². The Hall–Kier alpha value is -7.42. The number of benzene rings is 10. The first-order valence-corrected chi connectivity index (χ1v) is 19.2. The fourth-order valence-corrected chi connectivity index (χ4v) is 8.68. The van der Waals surface area contributed by atoms with Gasteiger partial charge in [-0.25, -0.2) is 9.97 Å². The normalized spacial score (nSPS) is 11.6. The van der Waals surface area contributed by atoms with Crippen LogP contribution in [0.1, 0.15) is 0 Å². The minimum atomic E-state index is 0.713. The summed E-state index contributed by atoms with van der Waals surface area (Å²) in [5.74, 6) is 0.713. The number of hydrogen-bond donors (Lipinski definition) is 0. The maximum atomic E-state index is 5.12. The Morgan fingerprint density at radius 3 is 1.07 bits per heavy atom. The van der Waals surface area contributed by atoms with Crippen molar-refractivity contribution < 1.29 is 0 Å². The van der Waals surface area contributed by atoms with Gasteiger partial charge >= 0.3 is 0 Å². The molecule has 260 valence electrons. The molecule has 1 heterocycles. The molecule has 2 nitrogen and oxygen atoms in total. The molecular weight excluding hydrogens is 677 g/mol. The van der Waals surface area contributed by atoms with Crippen LogP contribution in [0.3, 0.4) is 0 Å². The van der Waals surface area contributed by atoms with Crippen LogP contribution >= 0.6 is 0 Å². The smallest absolute Gasteiger partial charge is 0.160 e. The lowest BCUT2D eigenvalue weighted by molar-refractivity contribution is 1.18. The molecule has 0 N–H and O–H groups in total. The Morgan fingerprint density at radius 2 is 0.554 bits per heavy atom. The number of aromatic nitrogens is 2. The Labute approximate surface area is 325 Å². The lowest BCUT2D eigenvalue weighted by Crippen LogP contribution is -1.96. The van der Waals surface area contributed by atoms with Crippen molar-refractivity contribution >= 4 is 53.9 Å². The minimum absolute atomic E-state index is 0.713. The van der Waals surface area contributed by atoms with Crippen molar-refractivity contribution in [2.45, 2.75) is 0 Å². The van der Waals surface area contributed by atoms with Crippen molar-refractivity contribution in [1.82, 2.24) is 9.97 Å². The van der Waals surface area contributed by atoms with Crippen LogP contribution in [0.2, 0.25) is 0 Å². The van der Waals surface area contributed by atoms with Gasteiger partial charge in [-0.1, -0.05) is 194 Å². The number of rotatable bonds is 5. The van der Waals surface area contributed by atoms with Crippen molar-refractivity contribution in [3.05, 3.63) is 206 Å². The molecule has 0 bridgehead atoms. The van der Waals surface area contributed by atoms with Gasteiger partial charge in [-0.15, -0.1) is 0 Å². The van der Waals surface area contributed by atoms with Crippen LogP contribution in [0, 0.1) is 0 Å². The van der Waals surface area contributed by atoms with Crippen molar-refractivity contribution in [2.24, 2.45) is 0 Å². The maximum absolute atomic E-state index is 5.12. The average Bonchev–Trinajstić information content (AvgIpc) is 3.29. The van der Waals surface area contributed by atoms with E-state index in [1.807, 2.05) is 24.3 Å². The molecule has 0 fully saturated rings. The average molecular weight is 711 g/mol. The van der Waals surface area contributed by atoms with Gasteiger partial charge in [-0.2, -0.15) is 0 Å². The third-order valence-electron chi connectivity index (χ3n) is 11.3. The summed E-state index contributed by atoms with van der Waals surface area (Å²) in [7, 11) is 0. The highest BCUT2D eigenvalue weighted by Crippen LogP contribution is 2.46. The molecule has 0 saturated carbocycles. The maximum Gasteiger partial charge on any atom is 0.160 e. The van der Waals surface area contributed by atoms with Gasteiger partial charge in [-0.05, 0) is 88.2 Å². The Kier molecular flexibility index (Phi) is 7.53. The quantitative estimate of drug-likeness (QED) is 0.166. The zero-order valence-electron chi connectivity index (χ0n) is 30.5. The van der Waals surface area contributed by atoms with E-state index in [0.717, 1.165) is 33.6 Å². The summed E-state index contributed by atoms with van der Waals surface area (Å²) in [5.41, 5.74) is 9.73. The first-order valence-electron chi connectivity index (χ1n) is 19.2. The monoisotopic (exact) mass is 710 g/mol. The molecule has 11 aromatic rings. The summed E-state index contributed by atoms with van der Waals surface area (Å²) in [6, 6.07) is 74.1. The minimum Gasteiger partial charge on any atom is -0.228 e. The van der Waals surface area contributed by atoms with Crippen molar-refractivity contribution in [2.75, 3.05) is 0 Å². The molecule has 10 aromatic carbocycles. The SMILES string of the molecule is c1ccc(-c2cc(-c3ccc(-c4c(-c5ccc6c7ccccc7c7ccccc7c6c5)c5ccccc5c5ccccc45)cc3)nc(-c3ccccc3)n2)cc1. The van der Waals surface area contributed by atoms with E-state index in [4.69, 9.17) is 9.97 Å². The fraction of sp³-hybridized carbons (Fsp3) is 0. The molecule has 0 unspecified atom stereocenters. The van der Waals surface area contributed by atoms with Crippen molar-refractivity contribution in [3.8, 4) is 56.2 Å². The summed E-state index contributed by atoms with van der Waals surface area (Å²) in [5, 5.41) is 12.6. The summed E-state index contributed by atoms with van der Waals surface area (Å²) in [6.07, 6.45) is 0. The van der Waals surface area contributed by atoms with Crippen LogP contribution in [0.15, 0.2) is 206 Å². The zero-order chi connectivity index (χ0) is 37.0. The van der Waals surface area contributed by atoms with Gasteiger partial charge < -0.3 is 0 Å². The molecule has 2 heteroatoms. The summed E-state index contributed by atoms with van der Waals surface area (Å²) in [4.78, 5) is 10.1. The molecule has 0 radical (unpaired) electrons. The molecule has 1 aromatic heterocycles. The first kappa shape index (κ1) is 32.0. The molecular formula is C54H34N2. The lowest BCUT2D eigenvalue weighted by Gasteiger charge is -2.20. The van der Waals surface area contributed by atoms with Crippen LogP contribution in [0.4, 0.5) is 0 Å². The van der Waals surface area contributed by atoms with Crippen molar-refractivity contribution in [3.63, 3.8) is 0 Å². The van der Waals surface area contributed by atoms with Gasteiger partial charge in [0.15, 0.2) is 5.82 Å². The van der Waals surface area contributed by atoms with E-state index in [9.17, 15) is 0 Å². The van der Waals surface area contributed by atoms with Crippen LogP contribution in [0.5, 0.6) is 0 Å². The van der Waals surface area contributed by atoms with E-state index >= 15 is 0 Å². The molecule has 0 aliphatic rings. The first-order chi connectivity index (χ1) is 27.8. The van der Waals surface area contributed by atoms with Crippen LogP contribution in [0.25, 0.3) is 110 Å². The van der Waals surface area contributed by atoms with E-state index < -0.39 is 0 Å². The second-order valence-corrected chi connectivity index (χ2v) is 14.5. The van der Waals surface area contributed by atoms with Gasteiger partial charge in [0.25, 0.3) is 0 Å². The van der Waals surface area contributed by atoms with E-state index in [1.165, 1.54) is 70.6 Å². The molecule has 0 atom stereocenters. The van der Waals surface area contributed by atoms with E-state index in [0.29, 0.717) is 5.82 Å². The topological polar surface area (TPSA) is 25.8 Å². The molecule has 11 rings (SSSR count). The van der Waals surface area contributed by atoms with Gasteiger partial charge in [0.2, 0.25) is 0 Å². The lowest BCUT2D eigenvalue weighted by atomic mass is 9.83. The summed E-state index contributed by atoms with van der Waals surface area (Å²) < 4.78 is 0. The van der Waals surface area contributed by atoms with E-state index in [1.54, 1.807) is 0 Å². The molecule has 56 heavy (non-hydrogen) atoms. The predicted molar refractivity (Wildman–Crippen MR) is 237 cm³/mol.